The first-order valence-corrected chi connectivity index (χ1v) is 11.5. The van der Waals surface area contributed by atoms with Crippen LogP contribution in [-0.4, -0.2) is 19.9 Å². The molecule has 6 rings (SSSR count). The van der Waals surface area contributed by atoms with Gasteiger partial charge < -0.3 is 9.97 Å². The molecule has 0 bridgehead atoms. The van der Waals surface area contributed by atoms with Crippen LogP contribution in [0.2, 0.25) is 0 Å². The van der Waals surface area contributed by atoms with Crippen molar-refractivity contribution in [3.63, 3.8) is 0 Å². The van der Waals surface area contributed by atoms with Crippen LogP contribution in [0.5, 0.6) is 0 Å². The second kappa shape index (κ2) is 6.94. The van der Waals surface area contributed by atoms with E-state index in [1.54, 1.807) is 0 Å². The van der Waals surface area contributed by atoms with Gasteiger partial charge in [-0.25, -0.2) is 9.97 Å². The molecule has 2 aromatic heterocycles. The van der Waals surface area contributed by atoms with E-state index < -0.39 is 0 Å². The Morgan fingerprint density at radius 1 is 0.774 bits per heavy atom. The molecule has 0 saturated heterocycles. The van der Waals surface area contributed by atoms with Gasteiger partial charge in [0.1, 0.15) is 11.6 Å². The summed E-state index contributed by atoms with van der Waals surface area (Å²) in [5.74, 6) is 2.53. The van der Waals surface area contributed by atoms with E-state index in [1.807, 2.05) is 19.3 Å². The van der Waals surface area contributed by atoms with Gasteiger partial charge >= 0.3 is 0 Å². The molecule has 156 valence electrons. The van der Waals surface area contributed by atoms with Crippen molar-refractivity contribution in [1.29, 1.82) is 0 Å². The summed E-state index contributed by atoms with van der Waals surface area (Å²) in [7, 11) is 0. The average molecular weight is 409 g/mol. The number of benzene rings is 2. The van der Waals surface area contributed by atoms with E-state index in [4.69, 9.17) is 0 Å². The third kappa shape index (κ3) is 2.96. The lowest BCUT2D eigenvalue weighted by atomic mass is 9.74. The van der Waals surface area contributed by atoms with E-state index in [2.05, 4.69) is 58.0 Å². The summed E-state index contributed by atoms with van der Waals surface area (Å²) in [6.45, 7) is 6.46. The van der Waals surface area contributed by atoms with Crippen molar-refractivity contribution in [3.8, 4) is 33.6 Å². The molecule has 0 radical (unpaired) electrons. The summed E-state index contributed by atoms with van der Waals surface area (Å²) in [4.78, 5) is 16.0. The SMILES string of the molecule is CCC(C)c1ncc(-c2cc3c4c(c2)CCc2cc(-c5cnc(C)[nH]5)cc(c2-4)CC3)[nH]1. The minimum absolute atomic E-state index is 0.465. The van der Waals surface area contributed by atoms with Crippen LogP contribution in [0.1, 0.15) is 60.1 Å². The third-order valence-corrected chi connectivity index (χ3v) is 7.18. The molecule has 0 aliphatic heterocycles. The number of aromatic amines is 2. The van der Waals surface area contributed by atoms with Gasteiger partial charge in [-0.05, 0) is 96.7 Å². The molecule has 2 heterocycles. The van der Waals surface area contributed by atoms with Crippen LogP contribution < -0.4 is 0 Å². The summed E-state index contributed by atoms with van der Waals surface area (Å²) < 4.78 is 0. The fraction of sp³-hybridized carbons (Fsp3) is 0.333. The number of aromatic nitrogens is 4. The fourth-order valence-corrected chi connectivity index (χ4v) is 5.31. The van der Waals surface area contributed by atoms with Crippen LogP contribution in [0.3, 0.4) is 0 Å². The van der Waals surface area contributed by atoms with Crippen molar-refractivity contribution in [2.24, 2.45) is 0 Å². The zero-order chi connectivity index (χ0) is 21.1. The molecule has 2 aliphatic carbocycles. The van der Waals surface area contributed by atoms with E-state index >= 15 is 0 Å². The van der Waals surface area contributed by atoms with Crippen LogP contribution in [0.4, 0.5) is 0 Å². The van der Waals surface area contributed by atoms with Crippen molar-refractivity contribution in [3.05, 3.63) is 70.6 Å². The minimum atomic E-state index is 0.465. The topological polar surface area (TPSA) is 57.4 Å². The second-order valence-electron chi connectivity index (χ2n) is 9.21. The number of hydrogen-bond donors (Lipinski definition) is 2. The second-order valence-corrected chi connectivity index (χ2v) is 9.21. The Morgan fingerprint density at radius 2 is 1.26 bits per heavy atom. The maximum absolute atomic E-state index is 4.66. The Bertz CT molecular complexity index is 1260. The molecule has 4 nitrogen and oxygen atoms in total. The number of hydrogen-bond acceptors (Lipinski definition) is 2. The Hall–Kier alpha value is -3.14. The van der Waals surface area contributed by atoms with Crippen LogP contribution in [0, 0.1) is 6.92 Å². The number of nitrogens with zero attached hydrogens (tertiary/aromatic N) is 2. The molecule has 0 amide bonds. The number of aryl methyl sites for hydroxylation is 5. The standard InChI is InChI=1S/C27H28N4/c1-4-15(2)27-29-14-24(31-27)22-11-19-7-5-17-9-21(23-13-28-16(3)30-23)10-18-6-8-20(12-22)26(19)25(17)18/h9-15H,4-8H2,1-3H3,(H,28,30)(H,29,31). The van der Waals surface area contributed by atoms with Gasteiger partial charge in [-0.2, -0.15) is 0 Å². The zero-order valence-corrected chi connectivity index (χ0v) is 18.5. The highest BCUT2D eigenvalue weighted by molar-refractivity contribution is 5.85. The fourth-order valence-electron chi connectivity index (χ4n) is 5.31. The quantitative estimate of drug-likeness (QED) is 0.425. The molecule has 2 N–H and O–H groups in total. The molecule has 4 heteroatoms. The van der Waals surface area contributed by atoms with E-state index in [-0.39, 0.29) is 0 Å². The molecule has 1 atom stereocenters. The normalized spacial score (nSPS) is 15.1. The molecule has 31 heavy (non-hydrogen) atoms. The van der Waals surface area contributed by atoms with E-state index in [0.29, 0.717) is 5.92 Å². The predicted molar refractivity (Wildman–Crippen MR) is 125 cm³/mol. The van der Waals surface area contributed by atoms with Crippen molar-refractivity contribution in [1.82, 2.24) is 19.9 Å². The van der Waals surface area contributed by atoms with Gasteiger partial charge in [0.2, 0.25) is 0 Å². The molecule has 0 saturated carbocycles. The van der Waals surface area contributed by atoms with E-state index in [0.717, 1.165) is 55.1 Å². The lowest BCUT2D eigenvalue weighted by Gasteiger charge is -2.30. The maximum atomic E-state index is 4.66. The predicted octanol–water partition coefficient (Wildman–Crippen LogP) is 6.15. The summed E-state index contributed by atoms with van der Waals surface area (Å²) in [5, 5.41) is 0. The first-order chi connectivity index (χ1) is 15.1. The maximum Gasteiger partial charge on any atom is 0.109 e. The van der Waals surface area contributed by atoms with Crippen LogP contribution in [0.15, 0.2) is 36.7 Å². The zero-order valence-electron chi connectivity index (χ0n) is 18.5. The lowest BCUT2D eigenvalue weighted by molar-refractivity contribution is 0.689. The van der Waals surface area contributed by atoms with E-state index in [9.17, 15) is 0 Å². The van der Waals surface area contributed by atoms with Gasteiger partial charge in [-0.1, -0.05) is 13.8 Å². The summed E-state index contributed by atoms with van der Waals surface area (Å²) >= 11 is 0. The molecule has 2 aromatic carbocycles. The number of imidazole rings is 2. The summed E-state index contributed by atoms with van der Waals surface area (Å²) in [6.07, 6.45) is 9.46. The monoisotopic (exact) mass is 408 g/mol. The number of nitrogens with one attached hydrogen (secondary N) is 2. The molecule has 0 fully saturated rings. The molecule has 1 unspecified atom stereocenters. The summed E-state index contributed by atoms with van der Waals surface area (Å²) in [5.41, 5.74) is 13.8. The van der Waals surface area contributed by atoms with Crippen molar-refractivity contribution in [2.75, 3.05) is 0 Å². The van der Waals surface area contributed by atoms with Gasteiger partial charge in [0, 0.05) is 17.0 Å². The smallest absolute Gasteiger partial charge is 0.109 e. The first kappa shape index (κ1) is 18.6. The Morgan fingerprint density at radius 3 is 1.71 bits per heavy atom. The third-order valence-electron chi connectivity index (χ3n) is 7.18. The van der Waals surface area contributed by atoms with Crippen LogP contribution in [0.25, 0.3) is 33.6 Å². The van der Waals surface area contributed by atoms with Crippen molar-refractivity contribution >= 4 is 0 Å². The molecular formula is C27H28N4. The number of H-pyrrole nitrogens is 2. The molecule has 2 aliphatic rings. The largest absolute Gasteiger partial charge is 0.342 e. The van der Waals surface area contributed by atoms with Crippen molar-refractivity contribution in [2.45, 2.75) is 58.8 Å². The lowest BCUT2D eigenvalue weighted by Crippen LogP contribution is -2.14. The van der Waals surface area contributed by atoms with Gasteiger partial charge in [-0.3, -0.25) is 0 Å². The molecule has 0 spiro atoms. The Kier molecular flexibility index (Phi) is 4.17. The Labute approximate surface area is 183 Å². The summed E-state index contributed by atoms with van der Waals surface area (Å²) in [6, 6.07) is 9.56. The highest BCUT2D eigenvalue weighted by Crippen LogP contribution is 2.45. The van der Waals surface area contributed by atoms with Gasteiger partial charge in [-0.15, -0.1) is 0 Å². The van der Waals surface area contributed by atoms with Crippen LogP contribution >= 0.6 is 0 Å². The van der Waals surface area contributed by atoms with Gasteiger partial charge in [0.15, 0.2) is 0 Å². The minimum Gasteiger partial charge on any atom is -0.342 e. The van der Waals surface area contributed by atoms with Crippen LogP contribution in [-0.2, 0) is 25.7 Å². The molecule has 4 aromatic rings. The average Bonchev–Trinajstić information content (AvgIpc) is 3.46. The molecular weight excluding hydrogens is 380 g/mol. The highest BCUT2D eigenvalue weighted by atomic mass is 14.9. The number of rotatable bonds is 4. The van der Waals surface area contributed by atoms with Gasteiger partial charge in [0.05, 0.1) is 23.8 Å². The Balaban J connectivity index is 1.45. The van der Waals surface area contributed by atoms with E-state index in [1.165, 1.54) is 44.5 Å². The first-order valence-electron chi connectivity index (χ1n) is 11.5. The van der Waals surface area contributed by atoms with Crippen molar-refractivity contribution < 1.29 is 0 Å². The highest BCUT2D eigenvalue weighted by Gasteiger charge is 2.27. The van der Waals surface area contributed by atoms with Gasteiger partial charge in [0.25, 0.3) is 0 Å².